The summed E-state index contributed by atoms with van der Waals surface area (Å²) in [5.74, 6) is -0.272. The van der Waals surface area contributed by atoms with Crippen LogP contribution in [0, 0.1) is 0 Å². The number of aromatic nitrogens is 2. The molecule has 1 heterocycles. The number of rotatable bonds is 8. The predicted molar refractivity (Wildman–Crippen MR) is 79.7 cm³/mol. The second kappa shape index (κ2) is 8.34. The quantitative estimate of drug-likeness (QED) is 0.800. The molecule has 0 saturated heterocycles. The molecular weight excluding hydrogens is 327 g/mol. The summed E-state index contributed by atoms with van der Waals surface area (Å²) in [5, 5.41) is 2.47. The van der Waals surface area contributed by atoms with Crippen molar-refractivity contribution in [3.8, 4) is 5.75 Å². The SMILES string of the molecule is O=C(COCC(F)(F)F)Nc1ccccc1OCCn1ccnc1. The van der Waals surface area contributed by atoms with Crippen LogP contribution < -0.4 is 10.1 Å². The van der Waals surface area contributed by atoms with Crippen molar-refractivity contribution >= 4 is 11.6 Å². The van der Waals surface area contributed by atoms with E-state index in [9.17, 15) is 18.0 Å². The maximum absolute atomic E-state index is 12.0. The number of benzene rings is 1. The van der Waals surface area contributed by atoms with E-state index in [1.54, 1.807) is 43.0 Å². The van der Waals surface area contributed by atoms with Gasteiger partial charge in [-0.25, -0.2) is 4.98 Å². The van der Waals surface area contributed by atoms with Crippen LogP contribution in [0.3, 0.4) is 0 Å². The van der Waals surface area contributed by atoms with Crippen molar-refractivity contribution in [3.63, 3.8) is 0 Å². The third-order valence-corrected chi connectivity index (χ3v) is 2.83. The molecule has 0 aliphatic carbocycles. The van der Waals surface area contributed by atoms with E-state index in [0.29, 0.717) is 24.6 Å². The third kappa shape index (κ3) is 6.29. The van der Waals surface area contributed by atoms with Gasteiger partial charge in [-0.15, -0.1) is 0 Å². The first-order chi connectivity index (χ1) is 11.4. The van der Waals surface area contributed by atoms with Crippen LogP contribution in [0.25, 0.3) is 0 Å². The van der Waals surface area contributed by atoms with Gasteiger partial charge in [-0.1, -0.05) is 12.1 Å². The second-order valence-corrected chi connectivity index (χ2v) is 4.80. The van der Waals surface area contributed by atoms with Gasteiger partial charge in [-0.3, -0.25) is 4.79 Å². The zero-order valence-electron chi connectivity index (χ0n) is 12.6. The fourth-order valence-corrected chi connectivity index (χ4v) is 1.82. The lowest BCUT2D eigenvalue weighted by molar-refractivity contribution is -0.174. The molecule has 0 bridgehead atoms. The molecule has 1 aromatic heterocycles. The average Bonchev–Trinajstić information content (AvgIpc) is 3.01. The van der Waals surface area contributed by atoms with Gasteiger partial charge in [0.25, 0.3) is 0 Å². The van der Waals surface area contributed by atoms with Gasteiger partial charge in [-0.2, -0.15) is 13.2 Å². The second-order valence-electron chi connectivity index (χ2n) is 4.80. The minimum Gasteiger partial charge on any atom is -0.490 e. The molecule has 0 radical (unpaired) electrons. The number of carbonyl (C=O) groups excluding carboxylic acids is 1. The zero-order chi connectivity index (χ0) is 17.4. The lowest BCUT2D eigenvalue weighted by Gasteiger charge is -2.13. The molecule has 0 unspecified atom stereocenters. The Hall–Kier alpha value is -2.55. The van der Waals surface area contributed by atoms with Crippen LogP contribution in [0.4, 0.5) is 18.9 Å². The minimum absolute atomic E-state index is 0.341. The van der Waals surface area contributed by atoms with Crippen molar-refractivity contribution in [2.24, 2.45) is 0 Å². The summed E-state index contributed by atoms with van der Waals surface area (Å²) in [6, 6.07) is 6.64. The number of amides is 1. The number of hydrogen-bond acceptors (Lipinski definition) is 4. The molecule has 1 aromatic carbocycles. The monoisotopic (exact) mass is 343 g/mol. The number of halogens is 3. The molecule has 1 N–H and O–H groups in total. The summed E-state index contributed by atoms with van der Waals surface area (Å²) in [6.45, 7) is -1.25. The summed E-state index contributed by atoms with van der Waals surface area (Å²) in [7, 11) is 0. The maximum Gasteiger partial charge on any atom is 0.411 e. The number of hydrogen-bond donors (Lipinski definition) is 1. The van der Waals surface area contributed by atoms with Gasteiger partial charge in [0, 0.05) is 12.4 Å². The van der Waals surface area contributed by atoms with E-state index >= 15 is 0 Å². The number of carbonyl (C=O) groups is 1. The molecule has 0 aliphatic heterocycles. The number of alkyl halides is 3. The number of nitrogens with zero attached hydrogens (tertiary/aromatic N) is 2. The molecule has 9 heteroatoms. The lowest BCUT2D eigenvalue weighted by Crippen LogP contribution is -2.24. The highest BCUT2D eigenvalue weighted by Gasteiger charge is 2.27. The molecule has 0 fully saturated rings. The van der Waals surface area contributed by atoms with Gasteiger partial charge in [0.15, 0.2) is 0 Å². The first-order valence-corrected chi connectivity index (χ1v) is 7.06. The van der Waals surface area contributed by atoms with Gasteiger partial charge in [0.1, 0.15) is 25.6 Å². The summed E-state index contributed by atoms with van der Waals surface area (Å²) >= 11 is 0. The van der Waals surface area contributed by atoms with Crippen LogP contribution in [0.1, 0.15) is 0 Å². The predicted octanol–water partition coefficient (Wildman–Crippen LogP) is 2.48. The highest BCUT2D eigenvalue weighted by Crippen LogP contribution is 2.23. The van der Waals surface area contributed by atoms with Gasteiger partial charge in [0.05, 0.1) is 18.6 Å². The normalized spacial score (nSPS) is 11.3. The van der Waals surface area contributed by atoms with Crippen LogP contribution in [0.15, 0.2) is 43.0 Å². The van der Waals surface area contributed by atoms with E-state index < -0.39 is 25.3 Å². The molecule has 24 heavy (non-hydrogen) atoms. The third-order valence-electron chi connectivity index (χ3n) is 2.83. The van der Waals surface area contributed by atoms with Crippen LogP contribution in [0.2, 0.25) is 0 Å². The number of imidazole rings is 1. The fourth-order valence-electron chi connectivity index (χ4n) is 1.82. The molecule has 0 spiro atoms. The lowest BCUT2D eigenvalue weighted by atomic mass is 10.3. The number of nitrogens with one attached hydrogen (secondary N) is 1. The molecule has 2 aromatic rings. The van der Waals surface area contributed by atoms with Gasteiger partial charge in [-0.05, 0) is 12.1 Å². The molecule has 1 amide bonds. The minimum atomic E-state index is -4.46. The van der Waals surface area contributed by atoms with E-state index in [-0.39, 0.29) is 0 Å². The van der Waals surface area contributed by atoms with Crippen LogP contribution in [0.5, 0.6) is 5.75 Å². The Morgan fingerprint density at radius 3 is 2.79 bits per heavy atom. The van der Waals surface area contributed by atoms with Crippen molar-refractivity contribution in [3.05, 3.63) is 43.0 Å². The Labute approximate surface area is 136 Å². The summed E-state index contributed by atoms with van der Waals surface area (Å²) in [6.07, 6.45) is 0.619. The van der Waals surface area contributed by atoms with Crippen molar-refractivity contribution < 1.29 is 27.4 Å². The number of ether oxygens (including phenoxy) is 2. The van der Waals surface area contributed by atoms with E-state index in [0.717, 1.165) is 0 Å². The van der Waals surface area contributed by atoms with Crippen molar-refractivity contribution in [1.29, 1.82) is 0 Å². The van der Waals surface area contributed by atoms with Crippen LogP contribution in [-0.2, 0) is 16.1 Å². The first kappa shape index (κ1) is 17.8. The molecule has 0 atom stereocenters. The highest BCUT2D eigenvalue weighted by atomic mass is 19.4. The number of anilines is 1. The van der Waals surface area contributed by atoms with Crippen molar-refractivity contribution in [2.45, 2.75) is 12.7 Å². The highest BCUT2D eigenvalue weighted by molar-refractivity contribution is 5.93. The first-order valence-electron chi connectivity index (χ1n) is 7.06. The summed E-state index contributed by atoms with van der Waals surface area (Å²) in [5.41, 5.74) is 0.365. The Bertz CT molecular complexity index is 645. The van der Waals surface area contributed by atoms with Gasteiger partial charge in [0.2, 0.25) is 5.91 Å². The molecule has 0 aliphatic rings. The van der Waals surface area contributed by atoms with E-state index in [1.807, 2.05) is 4.57 Å². The largest absolute Gasteiger partial charge is 0.490 e. The van der Waals surface area contributed by atoms with E-state index in [4.69, 9.17) is 4.74 Å². The smallest absolute Gasteiger partial charge is 0.411 e. The standard InChI is InChI=1S/C15H16F3N3O3/c16-15(17,18)10-23-9-14(22)20-12-3-1-2-4-13(12)24-8-7-21-6-5-19-11-21/h1-6,11H,7-10H2,(H,20,22). The molecular formula is C15H16F3N3O3. The van der Waals surface area contributed by atoms with Gasteiger partial charge >= 0.3 is 6.18 Å². The van der Waals surface area contributed by atoms with Crippen LogP contribution in [-0.4, -0.2) is 41.5 Å². The summed E-state index contributed by atoms with van der Waals surface area (Å²) < 4.78 is 47.6. The molecule has 2 rings (SSSR count). The molecule has 0 saturated carbocycles. The summed E-state index contributed by atoms with van der Waals surface area (Å²) in [4.78, 5) is 15.5. The topological polar surface area (TPSA) is 65.4 Å². The Morgan fingerprint density at radius 1 is 1.29 bits per heavy atom. The van der Waals surface area contributed by atoms with E-state index in [1.165, 1.54) is 0 Å². The van der Waals surface area contributed by atoms with Crippen LogP contribution >= 0.6 is 0 Å². The zero-order valence-corrected chi connectivity index (χ0v) is 12.6. The fraction of sp³-hybridized carbons (Fsp3) is 0.333. The van der Waals surface area contributed by atoms with Crippen molar-refractivity contribution in [2.75, 3.05) is 25.1 Å². The molecule has 130 valence electrons. The molecule has 6 nitrogen and oxygen atoms in total. The van der Waals surface area contributed by atoms with Crippen molar-refractivity contribution in [1.82, 2.24) is 9.55 Å². The Kier molecular flexibility index (Phi) is 6.19. The Morgan fingerprint density at radius 2 is 2.08 bits per heavy atom. The average molecular weight is 343 g/mol. The van der Waals surface area contributed by atoms with Gasteiger partial charge < -0.3 is 19.4 Å². The number of para-hydroxylation sites is 2. The van der Waals surface area contributed by atoms with E-state index in [2.05, 4.69) is 15.0 Å². The maximum atomic E-state index is 12.0. The Balaban J connectivity index is 1.82.